The molecule has 0 aliphatic rings. The van der Waals surface area contributed by atoms with Crippen molar-refractivity contribution in [1.82, 2.24) is 0 Å². The minimum Gasteiger partial charge on any atom is -0.320 e. The Morgan fingerprint density at radius 2 is 1.39 bits per heavy atom. The summed E-state index contributed by atoms with van der Waals surface area (Å²) in [5, 5.41) is 5.09. The Morgan fingerprint density at radius 3 is 2.26 bits per heavy atom. The Kier molecular flexibility index (Phi) is 3.36. The van der Waals surface area contributed by atoms with E-state index in [1.807, 2.05) is 0 Å². The first kappa shape index (κ1) is 14.0. The van der Waals surface area contributed by atoms with Crippen LogP contribution in [0.5, 0.6) is 0 Å². The normalized spacial score (nSPS) is 12.6. The Bertz CT molecular complexity index is 1000. The average molecular weight is 297 g/mol. The van der Waals surface area contributed by atoms with Gasteiger partial charge in [0.05, 0.1) is 6.04 Å². The summed E-state index contributed by atoms with van der Waals surface area (Å²) in [5.74, 6) is 0. The molecule has 0 amide bonds. The molecule has 0 aromatic heterocycles. The highest BCUT2D eigenvalue weighted by Gasteiger charge is 2.12. The third kappa shape index (κ3) is 2.39. The van der Waals surface area contributed by atoms with Crippen molar-refractivity contribution >= 4 is 21.5 Å². The van der Waals surface area contributed by atoms with E-state index in [1.54, 1.807) is 0 Å². The zero-order valence-corrected chi connectivity index (χ0v) is 13.2. The average Bonchev–Trinajstić information content (AvgIpc) is 2.61. The van der Waals surface area contributed by atoms with Gasteiger partial charge in [0.15, 0.2) is 0 Å². The molecule has 2 N–H and O–H groups in total. The highest BCUT2D eigenvalue weighted by Crippen LogP contribution is 2.29. The van der Waals surface area contributed by atoms with Crippen LogP contribution in [0, 0.1) is 6.92 Å². The van der Waals surface area contributed by atoms with Gasteiger partial charge in [-0.1, -0.05) is 72.8 Å². The van der Waals surface area contributed by atoms with Crippen LogP contribution in [0.2, 0.25) is 0 Å². The van der Waals surface area contributed by atoms with Gasteiger partial charge in [0.25, 0.3) is 0 Å². The molecule has 1 unspecified atom stereocenters. The first-order chi connectivity index (χ1) is 11.2. The van der Waals surface area contributed by atoms with E-state index in [0.717, 1.165) is 5.56 Å². The lowest BCUT2D eigenvalue weighted by molar-refractivity contribution is 0.863. The van der Waals surface area contributed by atoms with Crippen LogP contribution in [0.1, 0.15) is 22.7 Å². The van der Waals surface area contributed by atoms with Crippen LogP contribution in [0.4, 0.5) is 0 Å². The summed E-state index contributed by atoms with van der Waals surface area (Å²) in [6, 6.07) is 27.7. The van der Waals surface area contributed by atoms with Gasteiger partial charge in [-0.15, -0.1) is 0 Å². The molecule has 1 atom stereocenters. The van der Waals surface area contributed by atoms with Gasteiger partial charge in [0.2, 0.25) is 0 Å². The van der Waals surface area contributed by atoms with Crippen LogP contribution in [-0.2, 0) is 0 Å². The monoisotopic (exact) mass is 297 g/mol. The van der Waals surface area contributed by atoms with E-state index >= 15 is 0 Å². The van der Waals surface area contributed by atoms with Crippen LogP contribution in [0.3, 0.4) is 0 Å². The zero-order chi connectivity index (χ0) is 15.8. The van der Waals surface area contributed by atoms with Crippen molar-refractivity contribution in [2.75, 3.05) is 0 Å². The van der Waals surface area contributed by atoms with Gasteiger partial charge >= 0.3 is 0 Å². The Labute approximate surface area is 136 Å². The molecular formula is C22H19N. The van der Waals surface area contributed by atoms with E-state index in [-0.39, 0.29) is 6.04 Å². The lowest BCUT2D eigenvalue weighted by Crippen LogP contribution is -2.13. The summed E-state index contributed by atoms with van der Waals surface area (Å²) in [7, 11) is 0. The molecule has 0 heterocycles. The van der Waals surface area contributed by atoms with E-state index in [0.29, 0.717) is 0 Å². The fourth-order valence-corrected chi connectivity index (χ4v) is 3.34. The van der Waals surface area contributed by atoms with Gasteiger partial charge in [-0.2, -0.15) is 0 Å². The largest absolute Gasteiger partial charge is 0.320 e. The molecule has 4 aromatic rings. The van der Waals surface area contributed by atoms with E-state index in [9.17, 15) is 0 Å². The van der Waals surface area contributed by atoms with Crippen molar-refractivity contribution < 1.29 is 0 Å². The summed E-state index contributed by atoms with van der Waals surface area (Å²) in [4.78, 5) is 0. The molecule has 112 valence electrons. The van der Waals surface area contributed by atoms with E-state index in [1.165, 1.54) is 32.7 Å². The molecule has 0 bridgehead atoms. The Hall–Kier alpha value is -2.64. The molecule has 0 saturated heterocycles. The topological polar surface area (TPSA) is 26.0 Å². The minimum atomic E-state index is -0.0907. The van der Waals surface area contributed by atoms with Gasteiger partial charge in [-0.05, 0) is 51.2 Å². The van der Waals surface area contributed by atoms with Crippen LogP contribution < -0.4 is 5.73 Å². The molecule has 0 radical (unpaired) electrons. The second-order valence-corrected chi connectivity index (χ2v) is 6.10. The SMILES string of the molecule is Cc1ccccc1C(N)c1ccc2c(ccc3ccccc32)c1. The van der Waals surface area contributed by atoms with Crippen molar-refractivity contribution in [1.29, 1.82) is 0 Å². The molecule has 0 aliphatic heterocycles. The maximum atomic E-state index is 6.52. The third-order valence-electron chi connectivity index (χ3n) is 4.65. The van der Waals surface area contributed by atoms with Crippen molar-refractivity contribution in [2.45, 2.75) is 13.0 Å². The molecule has 0 saturated carbocycles. The van der Waals surface area contributed by atoms with Gasteiger partial charge in [0.1, 0.15) is 0 Å². The Balaban J connectivity index is 1.86. The summed E-state index contributed by atoms with van der Waals surface area (Å²) < 4.78 is 0. The smallest absolute Gasteiger partial charge is 0.0554 e. The summed E-state index contributed by atoms with van der Waals surface area (Å²) >= 11 is 0. The van der Waals surface area contributed by atoms with Crippen LogP contribution in [0.25, 0.3) is 21.5 Å². The maximum absolute atomic E-state index is 6.52. The van der Waals surface area contributed by atoms with E-state index < -0.39 is 0 Å². The molecule has 1 nitrogen and oxygen atoms in total. The van der Waals surface area contributed by atoms with Crippen LogP contribution >= 0.6 is 0 Å². The molecule has 0 fully saturated rings. The first-order valence-electron chi connectivity index (χ1n) is 7.96. The van der Waals surface area contributed by atoms with Crippen molar-refractivity contribution in [3.05, 3.63) is 95.6 Å². The standard InChI is InChI=1S/C22H19N/c1-15-6-2-4-8-19(15)22(23)18-12-13-21-17(14-18)11-10-16-7-3-5-9-20(16)21/h2-14,22H,23H2,1H3. The number of hydrogen-bond donors (Lipinski definition) is 1. The molecule has 0 aliphatic carbocycles. The van der Waals surface area contributed by atoms with Crippen LogP contribution in [0.15, 0.2) is 78.9 Å². The first-order valence-corrected chi connectivity index (χ1v) is 7.96. The fraction of sp³-hybridized carbons (Fsp3) is 0.0909. The zero-order valence-electron chi connectivity index (χ0n) is 13.2. The number of rotatable bonds is 2. The highest BCUT2D eigenvalue weighted by atomic mass is 14.6. The summed E-state index contributed by atoms with van der Waals surface area (Å²) in [6.45, 7) is 2.11. The number of hydrogen-bond acceptors (Lipinski definition) is 1. The number of nitrogens with two attached hydrogens (primary N) is 1. The minimum absolute atomic E-state index is 0.0907. The summed E-state index contributed by atoms with van der Waals surface area (Å²) in [5.41, 5.74) is 10.1. The van der Waals surface area contributed by atoms with Crippen molar-refractivity contribution in [3.8, 4) is 0 Å². The molecule has 4 rings (SSSR count). The van der Waals surface area contributed by atoms with E-state index in [2.05, 4.69) is 85.8 Å². The number of aryl methyl sites for hydroxylation is 1. The maximum Gasteiger partial charge on any atom is 0.0554 e. The predicted molar refractivity (Wildman–Crippen MR) is 98.7 cm³/mol. The predicted octanol–water partition coefficient (Wildman–Crippen LogP) is 5.35. The van der Waals surface area contributed by atoms with Crippen LogP contribution in [-0.4, -0.2) is 0 Å². The van der Waals surface area contributed by atoms with Crippen molar-refractivity contribution in [2.24, 2.45) is 5.73 Å². The summed E-state index contributed by atoms with van der Waals surface area (Å²) in [6.07, 6.45) is 0. The van der Waals surface area contributed by atoms with Crippen molar-refractivity contribution in [3.63, 3.8) is 0 Å². The second-order valence-electron chi connectivity index (χ2n) is 6.10. The lowest BCUT2D eigenvalue weighted by atomic mass is 9.93. The van der Waals surface area contributed by atoms with Gasteiger partial charge in [-0.25, -0.2) is 0 Å². The fourth-order valence-electron chi connectivity index (χ4n) is 3.34. The molecular weight excluding hydrogens is 278 g/mol. The molecule has 1 heteroatoms. The van der Waals surface area contributed by atoms with Gasteiger partial charge in [-0.3, -0.25) is 0 Å². The number of fused-ring (bicyclic) bond motifs is 3. The van der Waals surface area contributed by atoms with E-state index in [4.69, 9.17) is 5.73 Å². The highest BCUT2D eigenvalue weighted by molar-refractivity contribution is 6.07. The molecule has 23 heavy (non-hydrogen) atoms. The second kappa shape index (κ2) is 5.53. The van der Waals surface area contributed by atoms with Gasteiger partial charge in [0, 0.05) is 0 Å². The quantitative estimate of drug-likeness (QED) is 0.496. The number of benzene rings is 4. The third-order valence-corrected chi connectivity index (χ3v) is 4.65. The Morgan fingerprint density at radius 1 is 0.696 bits per heavy atom. The van der Waals surface area contributed by atoms with Gasteiger partial charge < -0.3 is 5.73 Å². The molecule has 0 spiro atoms. The molecule has 4 aromatic carbocycles. The lowest BCUT2D eigenvalue weighted by Gasteiger charge is -2.16.